The van der Waals surface area contributed by atoms with Crippen LogP contribution in [0.4, 0.5) is 0 Å². The maximum Gasteiger partial charge on any atom is 0.357 e. The van der Waals surface area contributed by atoms with Gasteiger partial charge in [-0.25, -0.2) is 9.48 Å². The van der Waals surface area contributed by atoms with Gasteiger partial charge in [-0.15, -0.1) is 0 Å². The van der Waals surface area contributed by atoms with E-state index in [2.05, 4.69) is 17.7 Å². The minimum atomic E-state index is -1.31. The number of benzene rings is 2. The fourth-order valence-corrected chi connectivity index (χ4v) is 2.99. The van der Waals surface area contributed by atoms with Crippen LogP contribution in [0.5, 0.6) is 0 Å². The average Bonchev–Trinajstić information content (AvgIpc) is 3.03. The fraction of sp³-hybridized carbons (Fsp3) is 0.0556. The Labute approximate surface area is 176 Å². The van der Waals surface area contributed by atoms with E-state index in [9.17, 15) is 15.2 Å². The summed E-state index contributed by atoms with van der Waals surface area (Å²) < 4.78 is 1.32. The van der Waals surface area contributed by atoms with E-state index >= 15 is 0 Å². The molecule has 138 valence electrons. The molecule has 0 bridgehead atoms. The van der Waals surface area contributed by atoms with Crippen LogP contribution < -0.4 is 0 Å². The Hall–Kier alpha value is -2.17. The highest BCUT2D eigenvalue weighted by molar-refractivity contribution is 7.79. The first kappa shape index (κ1) is 21.1. The molecule has 2 aromatic carbocycles. The number of carboxylic acid groups (broad SMARTS) is 1. The van der Waals surface area contributed by atoms with E-state index in [1.54, 1.807) is 42.7 Å². The molecule has 0 spiro atoms. The van der Waals surface area contributed by atoms with E-state index in [0.29, 0.717) is 27.0 Å². The summed E-state index contributed by atoms with van der Waals surface area (Å²) >= 11 is 21.6. The van der Waals surface area contributed by atoms with E-state index < -0.39 is 5.97 Å². The molecule has 0 amide bonds. The third kappa shape index (κ3) is 4.40. The molecule has 0 atom stereocenters. The molecule has 3 aromatic rings. The molecule has 0 aliphatic heterocycles. The number of aromatic nitrogens is 2. The molecule has 1 aromatic heterocycles. The van der Waals surface area contributed by atoms with Gasteiger partial charge in [-0.3, -0.25) is 0 Å². The van der Waals surface area contributed by atoms with Crippen molar-refractivity contribution in [2.75, 3.05) is 6.26 Å². The molecule has 0 aliphatic carbocycles. The van der Waals surface area contributed by atoms with Crippen LogP contribution in [0, 0.1) is 11.3 Å². The van der Waals surface area contributed by atoms with Crippen molar-refractivity contribution in [1.82, 2.24) is 9.78 Å². The summed E-state index contributed by atoms with van der Waals surface area (Å²) in [4.78, 5) is 11.5. The number of thiol groups is 1. The Morgan fingerprint density at radius 3 is 2.22 bits per heavy atom. The summed E-state index contributed by atoms with van der Waals surface area (Å²) in [6, 6.07) is 13.2. The zero-order valence-corrected chi connectivity index (χ0v) is 17.0. The predicted octanol–water partition coefficient (Wildman–Crippen LogP) is 5.62. The van der Waals surface area contributed by atoms with Crippen LogP contribution in [0.1, 0.15) is 16.1 Å². The lowest BCUT2D eigenvalue weighted by atomic mass is 10.1. The third-order valence-corrected chi connectivity index (χ3v) is 4.25. The summed E-state index contributed by atoms with van der Waals surface area (Å²) in [5.41, 5.74) is 0.854. The van der Waals surface area contributed by atoms with Crippen LogP contribution in [-0.4, -0.2) is 27.1 Å². The lowest BCUT2D eigenvalue weighted by Crippen LogP contribution is -2.03. The molecule has 0 fully saturated rings. The lowest BCUT2D eigenvalue weighted by molar-refractivity contribution is 0.0689. The molecule has 9 heteroatoms. The number of aromatic carboxylic acids is 1. The van der Waals surface area contributed by atoms with Crippen molar-refractivity contribution >= 4 is 53.4 Å². The summed E-state index contributed by atoms with van der Waals surface area (Å²) in [6.07, 6.45) is 1.69. The first-order valence-electron chi connectivity index (χ1n) is 7.35. The zero-order chi connectivity index (χ0) is 20.1. The van der Waals surface area contributed by atoms with Gasteiger partial charge >= 0.3 is 5.97 Å². The Morgan fingerprint density at radius 1 is 1.11 bits per heavy atom. The minimum absolute atomic E-state index is 0.0687. The number of nitrogens with zero attached hydrogens (tertiary/aromatic N) is 3. The second-order valence-corrected chi connectivity index (χ2v) is 6.28. The fourth-order valence-electron chi connectivity index (χ4n) is 2.38. The second kappa shape index (κ2) is 9.16. The van der Waals surface area contributed by atoms with Crippen LogP contribution in [0.15, 0.2) is 42.5 Å². The number of carbonyl (C=O) groups is 1. The molecular weight excluding hydrogens is 429 g/mol. The van der Waals surface area contributed by atoms with Crippen LogP contribution in [0.3, 0.4) is 0 Å². The minimum Gasteiger partial charge on any atom is -0.476 e. The zero-order valence-electron chi connectivity index (χ0n) is 13.8. The number of halogens is 3. The van der Waals surface area contributed by atoms with Crippen molar-refractivity contribution in [2.24, 2.45) is 0 Å². The van der Waals surface area contributed by atoms with Crippen molar-refractivity contribution < 1.29 is 9.90 Å². The summed E-state index contributed by atoms with van der Waals surface area (Å²) in [5, 5.41) is 24.2. The predicted molar refractivity (Wildman–Crippen MR) is 111 cm³/mol. The van der Waals surface area contributed by atoms with Crippen molar-refractivity contribution in [1.29, 1.82) is 5.26 Å². The number of nitriles is 1. The standard InChI is InChI=1S/C17H8Cl3N3O2.CH4S/c18-10-3-1-9(2-4-10)16-12(8-21)15(17(24)25)22-23(16)14-6-5-11(19)7-13(14)20;1-2/h1-7H,(H,24,25);2H,1H3. The van der Waals surface area contributed by atoms with Gasteiger partial charge in [0.05, 0.1) is 16.4 Å². The van der Waals surface area contributed by atoms with Gasteiger partial charge in [-0.1, -0.05) is 46.9 Å². The summed E-state index contributed by atoms with van der Waals surface area (Å²) in [6.45, 7) is 0. The maximum absolute atomic E-state index is 11.5. The van der Waals surface area contributed by atoms with Gasteiger partial charge in [0.15, 0.2) is 5.69 Å². The van der Waals surface area contributed by atoms with Crippen molar-refractivity contribution in [2.45, 2.75) is 0 Å². The van der Waals surface area contributed by atoms with E-state index in [4.69, 9.17) is 34.8 Å². The van der Waals surface area contributed by atoms with Gasteiger partial charge in [-0.05, 0) is 36.6 Å². The van der Waals surface area contributed by atoms with Crippen molar-refractivity contribution in [3.05, 3.63) is 68.8 Å². The van der Waals surface area contributed by atoms with Gasteiger partial charge in [-0.2, -0.15) is 23.0 Å². The van der Waals surface area contributed by atoms with Gasteiger partial charge < -0.3 is 5.11 Å². The van der Waals surface area contributed by atoms with Crippen LogP contribution in [0.25, 0.3) is 16.9 Å². The van der Waals surface area contributed by atoms with E-state index in [-0.39, 0.29) is 16.3 Å². The molecule has 1 heterocycles. The second-order valence-electron chi connectivity index (χ2n) is 5.00. The highest BCUT2D eigenvalue weighted by Crippen LogP contribution is 2.33. The van der Waals surface area contributed by atoms with E-state index in [1.807, 2.05) is 6.07 Å². The van der Waals surface area contributed by atoms with Crippen molar-refractivity contribution in [3.63, 3.8) is 0 Å². The number of rotatable bonds is 3. The topological polar surface area (TPSA) is 78.9 Å². The van der Waals surface area contributed by atoms with Crippen molar-refractivity contribution in [3.8, 4) is 23.0 Å². The molecule has 1 N–H and O–H groups in total. The molecule has 0 saturated carbocycles. The average molecular weight is 441 g/mol. The first-order valence-corrected chi connectivity index (χ1v) is 9.37. The SMILES string of the molecule is CS.N#Cc1c(C(=O)O)nn(-c2ccc(Cl)cc2Cl)c1-c1ccc(Cl)cc1. The molecular formula is C18H12Cl3N3O2S. The molecule has 0 aliphatic rings. The molecule has 0 radical (unpaired) electrons. The molecule has 27 heavy (non-hydrogen) atoms. The number of carboxylic acids is 1. The van der Waals surface area contributed by atoms with Gasteiger partial charge in [0.2, 0.25) is 0 Å². The molecule has 3 rings (SSSR count). The Morgan fingerprint density at radius 2 is 1.70 bits per heavy atom. The van der Waals surface area contributed by atoms with Gasteiger partial charge in [0.25, 0.3) is 0 Å². The van der Waals surface area contributed by atoms with Crippen LogP contribution in [-0.2, 0) is 0 Å². The molecule has 0 saturated heterocycles. The van der Waals surface area contributed by atoms with E-state index in [1.165, 1.54) is 10.7 Å². The Bertz CT molecular complexity index is 1030. The number of hydrogen-bond donors (Lipinski definition) is 2. The third-order valence-electron chi connectivity index (χ3n) is 3.46. The highest BCUT2D eigenvalue weighted by Gasteiger charge is 2.25. The maximum atomic E-state index is 11.5. The largest absolute Gasteiger partial charge is 0.476 e. The van der Waals surface area contributed by atoms with E-state index in [0.717, 1.165) is 0 Å². The smallest absolute Gasteiger partial charge is 0.357 e. The molecule has 5 nitrogen and oxygen atoms in total. The monoisotopic (exact) mass is 439 g/mol. The Kier molecular flexibility index (Phi) is 7.17. The summed E-state index contributed by atoms with van der Waals surface area (Å²) in [7, 11) is 0. The van der Waals surface area contributed by atoms with Crippen LogP contribution >= 0.6 is 47.4 Å². The highest BCUT2D eigenvalue weighted by atomic mass is 35.5. The summed E-state index contributed by atoms with van der Waals surface area (Å²) in [5.74, 6) is -1.31. The Balaban J connectivity index is 0.00000126. The van der Waals surface area contributed by atoms with Gasteiger partial charge in [0, 0.05) is 15.6 Å². The molecule has 0 unspecified atom stereocenters. The quantitative estimate of drug-likeness (QED) is 0.518. The van der Waals surface area contributed by atoms with Crippen LogP contribution in [0.2, 0.25) is 15.1 Å². The first-order chi connectivity index (χ1) is 12.9. The lowest BCUT2D eigenvalue weighted by Gasteiger charge is -2.10. The number of hydrogen-bond acceptors (Lipinski definition) is 4. The van der Waals surface area contributed by atoms with Gasteiger partial charge in [0.1, 0.15) is 11.6 Å². The normalized spacial score (nSPS) is 9.93.